The van der Waals surface area contributed by atoms with E-state index in [2.05, 4.69) is 0 Å². The lowest BCUT2D eigenvalue weighted by Gasteiger charge is -2.37. The lowest BCUT2D eigenvalue weighted by molar-refractivity contribution is -0.151. The fourth-order valence-electron chi connectivity index (χ4n) is 8.48. The second-order valence-electron chi connectivity index (χ2n) is 14.0. The number of anilines is 2. The Morgan fingerprint density at radius 2 is 1.86 bits per heavy atom. The second kappa shape index (κ2) is 12.6. The average Bonchev–Trinajstić information content (AvgIpc) is 3.72. The van der Waals surface area contributed by atoms with Crippen LogP contribution in [0.15, 0.2) is 66.7 Å². The zero-order valence-electron chi connectivity index (χ0n) is 28.2. The number of aliphatic hydroxyl groups excluding tert-OH is 1. The molecule has 7 rings (SSSR count). The van der Waals surface area contributed by atoms with Crippen molar-refractivity contribution in [3.8, 4) is 5.75 Å². The fraction of sp³-hybridized carbons (Fsp3) is 0.432. The number of benzene rings is 3. The SMILES string of the molecule is COc1ccc2c(c1)[C@@]1(O[C@H](CC(=O)N3Cc4ccccc4C[C@H]3CO)[C@@H]([Si](C)(C)F)[C@@H]1C)C(=O)N2Cc1cccc(N2CCOC2=O)c1. The highest BCUT2D eigenvalue weighted by atomic mass is 28.4. The van der Waals surface area contributed by atoms with Crippen LogP contribution in [0, 0.1) is 5.92 Å². The molecule has 2 saturated heterocycles. The van der Waals surface area contributed by atoms with Gasteiger partial charge >= 0.3 is 6.09 Å². The van der Waals surface area contributed by atoms with Crippen molar-refractivity contribution < 1.29 is 37.8 Å². The molecular weight excluding hydrogens is 646 g/mol. The van der Waals surface area contributed by atoms with E-state index >= 15 is 4.11 Å². The van der Waals surface area contributed by atoms with Gasteiger partial charge in [-0.15, -0.1) is 0 Å². The van der Waals surface area contributed by atoms with Crippen molar-refractivity contribution in [2.75, 3.05) is 36.7 Å². The van der Waals surface area contributed by atoms with Gasteiger partial charge in [0.1, 0.15) is 12.4 Å². The van der Waals surface area contributed by atoms with Gasteiger partial charge in [-0.1, -0.05) is 43.3 Å². The van der Waals surface area contributed by atoms with Crippen molar-refractivity contribution in [3.63, 3.8) is 0 Å². The summed E-state index contributed by atoms with van der Waals surface area (Å²) in [5, 5.41) is 10.3. The first kappa shape index (κ1) is 33.2. The van der Waals surface area contributed by atoms with Gasteiger partial charge in [0.05, 0.1) is 51.1 Å². The Morgan fingerprint density at radius 1 is 1.08 bits per heavy atom. The molecule has 0 saturated carbocycles. The lowest BCUT2D eigenvalue weighted by Crippen LogP contribution is -2.48. The maximum atomic E-state index is 16.5. The van der Waals surface area contributed by atoms with Gasteiger partial charge in [-0.2, -0.15) is 0 Å². The Labute approximate surface area is 286 Å². The number of methoxy groups -OCH3 is 1. The second-order valence-corrected chi connectivity index (χ2v) is 17.8. The number of fused-ring (bicyclic) bond motifs is 3. The molecule has 0 bridgehead atoms. The monoisotopic (exact) mass is 687 g/mol. The lowest BCUT2D eigenvalue weighted by atomic mass is 9.82. The van der Waals surface area contributed by atoms with E-state index in [-0.39, 0.29) is 31.4 Å². The van der Waals surface area contributed by atoms with Gasteiger partial charge in [0.2, 0.25) is 14.3 Å². The van der Waals surface area contributed by atoms with Crippen molar-refractivity contribution in [1.82, 2.24) is 4.90 Å². The maximum Gasteiger partial charge on any atom is 0.414 e. The zero-order valence-corrected chi connectivity index (χ0v) is 29.2. The Bertz CT molecular complexity index is 1800. The predicted octanol–water partition coefficient (Wildman–Crippen LogP) is 5.31. The highest BCUT2D eigenvalue weighted by Crippen LogP contribution is 2.61. The predicted molar refractivity (Wildman–Crippen MR) is 184 cm³/mol. The van der Waals surface area contributed by atoms with Crippen LogP contribution in [0.2, 0.25) is 18.6 Å². The van der Waals surface area contributed by atoms with Crippen LogP contribution in [0.4, 0.5) is 20.3 Å². The molecule has 5 atom stereocenters. The van der Waals surface area contributed by atoms with Crippen LogP contribution in [-0.4, -0.2) is 75.3 Å². The molecule has 258 valence electrons. The third kappa shape index (κ3) is 5.59. The molecule has 0 aliphatic carbocycles. The number of hydrogen-bond acceptors (Lipinski definition) is 7. The van der Waals surface area contributed by atoms with Crippen molar-refractivity contribution in [1.29, 1.82) is 0 Å². The summed E-state index contributed by atoms with van der Waals surface area (Å²) in [5.74, 6) is -0.630. The number of halogens is 1. The molecule has 0 unspecified atom stereocenters. The van der Waals surface area contributed by atoms with Gasteiger partial charge in [-0.3, -0.25) is 14.5 Å². The van der Waals surface area contributed by atoms with Crippen LogP contribution in [-0.2, 0) is 44.2 Å². The number of cyclic esters (lactones) is 1. The molecule has 0 aromatic heterocycles. The van der Waals surface area contributed by atoms with Crippen LogP contribution in [0.5, 0.6) is 5.75 Å². The van der Waals surface area contributed by atoms with E-state index in [0.29, 0.717) is 48.8 Å². The zero-order chi connectivity index (χ0) is 34.7. The number of carbonyl (C=O) groups is 3. The van der Waals surface area contributed by atoms with Gasteiger partial charge in [0.25, 0.3) is 5.91 Å². The molecule has 12 heteroatoms. The minimum Gasteiger partial charge on any atom is -0.497 e. The van der Waals surface area contributed by atoms with E-state index in [1.807, 2.05) is 61.5 Å². The molecular formula is C37H42FN3O7Si. The maximum absolute atomic E-state index is 16.5. The molecule has 4 aliphatic rings. The highest BCUT2D eigenvalue weighted by molar-refractivity contribution is 6.72. The summed E-state index contributed by atoms with van der Waals surface area (Å²) in [6, 6.07) is 20.3. The molecule has 49 heavy (non-hydrogen) atoms. The van der Waals surface area contributed by atoms with Gasteiger partial charge in [0, 0.05) is 29.3 Å². The van der Waals surface area contributed by atoms with Crippen molar-refractivity contribution in [2.45, 2.75) is 69.2 Å². The Morgan fingerprint density at radius 3 is 2.55 bits per heavy atom. The van der Waals surface area contributed by atoms with Gasteiger partial charge in [-0.25, -0.2) is 4.79 Å². The summed E-state index contributed by atoms with van der Waals surface area (Å²) in [7, 11) is -1.99. The molecule has 3 aromatic carbocycles. The number of carbonyl (C=O) groups excluding carboxylic acids is 3. The summed E-state index contributed by atoms with van der Waals surface area (Å²) in [6.45, 7) is 6.17. The first-order valence-electron chi connectivity index (χ1n) is 16.8. The molecule has 4 heterocycles. The first-order chi connectivity index (χ1) is 23.5. The standard InChI is InChI=1S/C37H42FN3O7Si/c1-23-34(49(3,4)38)32(19-33(43)40-21-26-10-6-5-9-25(26)17-28(40)22-42)48-37(23)30-18-29(46-2)12-13-31(30)41(35(37)44)20-24-8-7-11-27(16-24)39-14-15-47-36(39)45/h5-13,16,18,23,28,32,34,42H,14-15,17,19-22H2,1-4H3/t23-,28-,32+,34-,37+/m0/s1. The number of ether oxygens (including phenoxy) is 3. The number of aliphatic hydroxyl groups is 1. The molecule has 10 nitrogen and oxygen atoms in total. The minimum absolute atomic E-state index is 0.115. The van der Waals surface area contributed by atoms with E-state index in [9.17, 15) is 19.5 Å². The number of amides is 3. The molecule has 3 aromatic rings. The van der Waals surface area contributed by atoms with Crippen molar-refractivity contribution in [3.05, 3.63) is 89.0 Å². The quantitative estimate of drug-likeness (QED) is 0.253. The van der Waals surface area contributed by atoms with Crippen LogP contribution in [0.25, 0.3) is 0 Å². The molecule has 4 aliphatic heterocycles. The minimum atomic E-state index is -3.54. The molecule has 0 radical (unpaired) electrons. The Hall–Kier alpha value is -4.26. The van der Waals surface area contributed by atoms with Crippen LogP contribution >= 0.6 is 0 Å². The third-order valence-corrected chi connectivity index (χ3v) is 13.2. The normalized spacial score (nSPS) is 26.3. The molecule has 2 fully saturated rings. The first-order valence-corrected chi connectivity index (χ1v) is 19.8. The summed E-state index contributed by atoms with van der Waals surface area (Å²) in [5.41, 5.74) is 2.57. The Kier molecular flexibility index (Phi) is 8.52. The number of nitrogens with zero attached hydrogens (tertiary/aromatic N) is 3. The highest BCUT2D eigenvalue weighted by Gasteiger charge is 2.67. The van der Waals surface area contributed by atoms with Crippen LogP contribution < -0.4 is 14.5 Å². The van der Waals surface area contributed by atoms with E-state index < -0.39 is 43.7 Å². The largest absolute Gasteiger partial charge is 0.497 e. The van der Waals surface area contributed by atoms with Crippen LogP contribution in [0.1, 0.15) is 35.6 Å². The molecule has 1 N–H and O–H groups in total. The summed E-state index contributed by atoms with van der Waals surface area (Å²) < 4.78 is 34.0. The van der Waals surface area contributed by atoms with Crippen molar-refractivity contribution in [2.24, 2.45) is 5.92 Å². The average molecular weight is 688 g/mol. The van der Waals surface area contributed by atoms with Gasteiger partial charge in [-0.05, 0) is 66.5 Å². The van der Waals surface area contributed by atoms with E-state index in [1.165, 1.54) is 0 Å². The molecule has 3 amide bonds. The number of rotatable bonds is 8. The van der Waals surface area contributed by atoms with Crippen LogP contribution in [0.3, 0.4) is 0 Å². The topological polar surface area (TPSA) is 109 Å². The van der Waals surface area contributed by atoms with Crippen molar-refractivity contribution >= 4 is 37.7 Å². The Balaban J connectivity index is 1.23. The van der Waals surface area contributed by atoms with E-state index in [0.717, 1.165) is 16.7 Å². The summed E-state index contributed by atoms with van der Waals surface area (Å²) in [4.78, 5) is 46.1. The van der Waals surface area contributed by atoms with Gasteiger partial charge in [0.15, 0.2) is 5.60 Å². The smallest absolute Gasteiger partial charge is 0.414 e. The van der Waals surface area contributed by atoms with E-state index in [4.69, 9.17) is 14.2 Å². The van der Waals surface area contributed by atoms with Gasteiger partial charge < -0.3 is 33.2 Å². The summed E-state index contributed by atoms with van der Waals surface area (Å²) >= 11 is 0. The summed E-state index contributed by atoms with van der Waals surface area (Å²) in [6.07, 6.45) is -0.866. The third-order valence-electron chi connectivity index (χ3n) is 10.8. The number of hydrogen-bond donors (Lipinski definition) is 1. The van der Waals surface area contributed by atoms with E-state index in [1.54, 1.807) is 47.0 Å². The fourth-order valence-corrected chi connectivity index (χ4v) is 11.0. The molecule has 1 spiro atoms.